The molecule has 6 nitrogen and oxygen atoms in total. The molecule has 1 aromatic heterocycles. The van der Waals surface area contributed by atoms with Crippen molar-refractivity contribution in [1.82, 2.24) is 9.78 Å². The van der Waals surface area contributed by atoms with Gasteiger partial charge >= 0.3 is 5.97 Å². The average molecular weight is 483 g/mol. The Bertz CT molecular complexity index is 1300. The number of hydrogen-bond donors (Lipinski definition) is 1. The minimum absolute atomic E-state index is 0.0752. The molecule has 0 aliphatic heterocycles. The highest BCUT2D eigenvalue weighted by atomic mass is 16.5. The van der Waals surface area contributed by atoms with Gasteiger partial charge in [-0.1, -0.05) is 79.7 Å². The number of carboxylic acids is 1. The lowest BCUT2D eigenvalue weighted by molar-refractivity contribution is -0.145. The van der Waals surface area contributed by atoms with Gasteiger partial charge in [-0.3, -0.25) is 4.79 Å². The molecule has 1 heterocycles. The summed E-state index contributed by atoms with van der Waals surface area (Å²) in [5, 5.41) is 14.0. The van der Waals surface area contributed by atoms with Gasteiger partial charge in [-0.2, -0.15) is 5.10 Å². The zero-order valence-electron chi connectivity index (χ0n) is 20.3. The first-order valence-corrected chi connectivity index (χ1v) is 12.2. The fourth-order valence-electron chi connectivity index (χ4n) is 4.28. The van der Waals surface area contributed by atoms with Gasteiger partial charge in [0.25, 0.3) is 5.56 Å². The Morgan fingerprint density at radius 1 is 0.917 bits per heavy atom. The Balaban J connectivity index is 1.50. The fourth-order valence-corrected chi connectivity index (χ4v) is 4.28. The van der Waals surface area contributed by atoms with E-state index in [-0.39, 0.29) is 11.5 Å². The van der Waals surface area contributed by atoms with Gasteiger partial charge in [0, 0.05) is 12.6 Å². The maximum Gasteiger partial charge on any atom is 0.344 e. The number of aryl methyl sites for hydroxylation is 2. The standard InChI is InChI=1S/C30H30N2O4/c1-2-27(30(34)35)36-25-17-9-11-22(21-25)12-10-20-32-28(33)19-18-26(31-32)29(23-13-5-3-6-14-23)24-15-7-4-8-16-24/h3-9,11,13-19,21,27,29H,2,10,12,20H2,1H3,(H,34,35). The molecule has 36 heavy (non-hydrogen) atoms. The van der Waals surface area contributed by atoms with Crippen molar-refractivity contribution in [3.05, 3.63) is 130 Å². The lowest BCUT2D eigenvalue weighted by Gasteiger charge is -2.18. The van der Waals surface area contributed by atoms with E-state index in [1.165, 1.54) is 4.68 Å². The Hall–Kier alpha value is -4.19. The summed E-state index contributed by atoms with van der Waals surface area (Å²) in [5.41, 5.74) is 3.93. The second-order valence-corrected chi connectivity index (χ2v) is 8.68. The molecule has 4 rings (SSSR count). The van der Waals surface area contributed by atoms with Crippen LogP contribution in [0.3, 0.4) is 0 Å². The summed E-state index contributed by atoms with van der Waals surface area (Å²) in [4.78, 5) is 23.9. The molecule has 1 atom stereocenters. The van der Waals surface area contributed by atoms with Gasteiger partial charge in [0.05, 0.1) is 11.6 Å². The molecular formula is C30H30N2O4. The van der Waals surface area contributed by atoms with Gasteiger partial charge in [-0.05, 0) is 54.2 Å². The number of benzene rings is 3. The zero-order valence-corrected chi connectivity index (χ0v) is 20.3. The van der Waals surface area contributed by atoms with Crippen molar-refractivity contribution in [3.63, 3.8) is 0 Å². The summed E-state index contributed by atoms with van der Waals surface area (Å²) < 4.78 is 7.14. The van der Waals surface area contributed by atoms with Crippen LogP contribution in [0.2, 0.25) is 0 Å². The molecule has 0 saturated carbocycles. The van der Waals surface area contributed by atoms with Crippen molar-refractivity contribution >= 4 is 5.97 Å². The minimum Gasteiger partial charge on any atom is -0.479 e. The first-order chi connectivity index (χ1) is 17.5. The number of nitrogens with zero attached hydrogens (tertiary/aromatic N) is 2. The van der Waals surface area contributed by atoms with Crippen LogP contribution in [0.25, 0.3) is 0 Å². The monoisotopic (exact) mass is 482 g/mol. The van der Waals surface area contributed by atoms with E-state index in [9.17, 15) is 14.7 Å². The quantitative estimate of drug-likeness (QED) is 0.314. The Morgan fingerprint density at radius 3 is 2.19 bits per heavy atom. The molecule has 0 fully saturated rings. The first-order valence-electron chi connectivity index (χ1n) is 12.2. The maximum atomic E-state index is 12.6. The normalized spacial score (nSPS) is 11.8. The van der Waals surface area contributed by atoms with E-state index in [1.54, 1.807) is 19.1 Å². The zero-order chi connectivity index (χ0) is 25.3. The van der Waals surface area contributed by atoms with Gasteiger partial charge in [-0.25, -0.2) is 9.48 Å². The van der Waals surface area contributed by atoms with Crippen LogP contribution in [-0.4, -0.2) is 27.0 Å². The summed E-state index contributed by atoms with van der Waals surface area (Å²) in [6, 6.07) is 31.2. The number of carboxylic acid groups (broad SMARTS) is 1. The summed E-state index contributed by atoms with van der Waals surface area (Å²) in [5.74, 6) is -0.515. The van der Waals surface area contributed by atoms with Crippen LogP contribution >= 0.6 is 0 Å². The number of ether oxygens (including phenoxy) is 1. The van der Waals surface area contributed by atoms with Gasteiger partial charge in [0.15, 0.2) is 6.10 Å². The van der Waals surface area contributed by atoms with Crippen LogP contribution in [0, 0.1) is 0 Å². The molecule has 1 N–H and O–H groups in total. The van der Waals surface area contributed by atoms with Gasteiger partial charge in [0.1, 0.15) is 5.75 Å². The van der Waals surface area contributed by atoms with E-state index in [1.807, 2.05) is 60.7 Å². The maximum absolute atomic E-state index is 12.6. The average Bonchev–Trinajstić information content (AvgIpc) is 2.90. The lowest BCUT2D eigenvalue weighted by atomic mass is 9.88. The van der Waals surface area contributed by atoms with Crippen molar-refractivity contribution in [3.8, 4) is 5.75 Å². The first kappa shape index (κ1) is 24.9. The lowest BCUT2D eigenvalue weighted by Crippen LogP contribution is -2.26. The highest BCUT2D eigenvalue weighted by Crippen LogP contribution is 2.30. The topological polar surface area (TPSA) is 81.4 Å². The van der Waals surface area contributed by atoms with Crippen molar-refractivity contribution in [2.24, 2.45) is 0 Å². The molecule has 4 aromatic rings. The second-order valence-electron chi connectivity index (χ2n) is 8.68. The molecular weight excluding hydrogens is 452 g/mol. The molecule has 3 aromatic carbocycles. The largest absolute Gasteiger partial charge is 0.479 e. The van der Waals surface area contributed by atoms with Crippen molar-refractivity contribution in [2.75, 3.05) is 0 Å². The predicted octanol–water partition coefficient (Wildman–Crippen LogP) is 5.30. The molecule has 0 bridgehead atoms. The third-order valence-electron chi connectivity index (χ3n) is 6.11. The molecule has 0 aliphatic carbocycles. The van der Waals surface area contributed by atoms with E-state index < -0.39 is 12.1 Å². The number of aliphatic carboxylic acids is 1. The van der Waals surface area contributed by atoms with E-state index in [2.05, 4.69) is 24.3 Å². The van der Waals surface area contributed by atoms with E-state index in [4.69, 9.17) is 9.84 Å². The SMILES string of the molecule is CCC(Oc1cccc(CCCn2nc(C(c3ccccc3)c3ccccc3)ccc2=O)c1)C(=O)O. The number of aromatic nitrogens is 2. The number of hydrogen-bond acceptors (Lipinski definition) is 4. The molecule has 0 radical (unpaired) electrons. The Kier molecular flexibility index (Phi) is 8.29. The summed E-state index contributed by atoms with van der Waals surface area (Å²) in [6.07, 6.45) is 0.933. The second kappa shape index (κ2) is 12.0. The van der Waals surface area contributed by atoms with E-state index in [0.717, 1.165) is 22.4 Å². The molecule has 0 aliphatic rings. The summed E-state index contributed by atoms with van der Waals surface area (Å²) >= 11 is 0. The minimum atomic E-state index is -0.974. The Labute approximate surface area is 210 Å². The molecule has 0 amide bonds. The molecule has 0 saturated heterocycles. The van der Waals surface area contributed by atoms with Crippen LogP contribution in [0.5, 0.6) is 5.75 Å². The molecule has 0 spiro atoms. The van der Waals surface area contributed by atoms with E-state index >= 15 is 0 Å². The van der Waals surface area contributed by atoms with Gasteiger partial charge in [-0.15, -0.1) is 0 Å². The smallest absolute Gasteiger partial charge is 0.344 e. The van der Waals surface area contributed by atoms with Crippen LogP contribution in [0.15, 0.2) is 102 Å². The van der Waals surface area contributed by atoms with Crippen LogP contribution in [-0.2, 0) is 17.8 Å². The van der Waals surface area contributed by atoms with Crippen LogP contribution in [0.4, 0.5) is 0 Å². The van der Waals surface area contributed by atoms with Crippen LogP contribution < -0.4 is 10.3 Å². The molecule has 6 heteroatoms. The van der Waals surface area contributed by atoms with E-state index in [0.29, 0.717) is 31.6 Å². The summed E-state index contributed by atoms with van der Waals surface area (Å²) in [7, 11) is 0. The molecule has 184 valence electrons. The highest BCUT2D eigenvalue weighted by molar-refractivity contribution is 5.72. The highest BCUT2D eigenvalue weighted by Gasteiger charge is 2.19. The Morgan fingerprint density at radius 2 is 1.58 bits per heavy atom. The van der Waals surface area contributed by atoms with Crippen molar-refractivity contribution in [2.45, 2.75) is 44.8 Å². The number of rotatable bonds is 11. The fraction of sp³-hybridized carbons (Fsp3) is 0.233. The predicted molar refractivity (Wildman–Crippen MR) is 139 cm³/mol. The molecule has 1 unspecified atom stereocenters. The third-order valence-corrected chi connectivity index (χ3v) is 6.11. The van der Waals surface area contributed by atoms with Crippen molar-refractivity contribution in [1.29, 1.82) is 0 Å². The van der Waals surface area contributed by atoms with Crippen LogP contribution in [0.1, 0.15) is 48.1 Å². The summed E-state index contributed by atoms with van der Waals surface area (Å²) in [6.45, 7) is 2.25. The van der Waals surface area contributed by atoms with Crippen molar-refractivity contribution < 1.29 is 14.6 Å². The number of carbonyl (C=O) groups is 1. The van der Waals surface area contributed by atoms with Gasteiger partial charge in [0.2, 0.25) is 0 Å². The third kappa shape index (κ3) is 6.27. The van der Waals surface area contributed by atoms with Gasteiger partial charge < -0.3 is 9.84 Å².